The van der Waals surface area contributed by atoms with Gasteiger partial charge in [-0.3, -0.25) is 9.89 Å². The van der Waals surface area contributed by atoms with E-state index in [9.17, 15) is 13.2 Å². The first kappa shape index (κ1) is 23.1. The van der Waals surface area contributed by atoms with Crippen molar-refractivity contribution in [1.29, 1.82) is 0 Å². The molecule has 0 bridgehead atoms. The monoisotopic (exact) mass is 411 g/mol. The molecule has 139 valence electrons. The summed E-state index contributed by atoms with van der Waals surface area (Å²) in [5, 5.41) is 14.0. The van der Waals surface area contributed by atoms with Crippen LogP contribution in [0, 0.1) is 0 Å². The van der Waals surface area contributed by atoms with Crippen molar-refractivity contribution in [2.24, 2.45) is 7.05 Å². The number of rotatable bonds is 4. The molecule has 0 saturated carbocycles. The van der Waals surface area contributed by atoms with Gasteiger partial charge in [0.25, 0.3) is 0 Å². The molecule has 0 aliphatic rings. The number of ether oxygens (including phenoxy) is 1. The Morgan fingerprint density at radius 1 is 1.40 bits per heavy atom. The van der Waals surface area contributed by atoms with Crippen LogP contribution in [0.2, 0.25) is 0 Å². The zero-order chi connectivity index (χ0) is 18.3. The summed E-state index contributed by atoms with van der Waals surface area (Å²) >= 11 is 0. The predicted molar refractivity (Wildman–Crippen MR) is 91.2 cm³/mol. The van der Waals surface area contributed by atoms with Crippen LogP contribution in [0.1, 0.15) is 26.6 Å². The van der Waals surface area contributed by atoms with E-state index in [2.05, 4.69) is 10.2 Å². The molecule has 10 heteroatoms. The first-order chi connectivity index (χ1) is 11.2. The van der Waals surface area contributed by atoms with Gasteiger partial charge >= 0.3 is 16.8 Å². The fourth-order valence-electron chi connectivity index (χ4n) is 1.73. The van der Waals surface area contributed by atoms with Gasteiger partial charge < -0.3 is 19.5 Å². The maximum Gasteiger partial charge on any atom is 2.00 e. The first-order valence-corrected chi connectivity index (χ1v) is 8.61. The van der Waals surface area contributed by atoms with Gasteiger partial charge in [0.15, 0.2) is 5.69 Å². The SMILES string of the molecule is C/C=C(\C)c1n[n-]c(=O)n1C.CCOc1ccccc1S([NH-])(=O)=O.[Co+2]. The molecule has 0 saturated heterocycles. The number of aromatic nitrogens is 3. The summed E-state index contributed by atoms with van der Waals surface area (Å²) in [6.45, 7) is 5.93. The second-order valence-electron chi connectivity index (χ2n) is 4.72. The van der Waals surface area contributed by atoms with Gasteiger partial charge in [-0.2, -0.15) is 0 Å². The fraction of sp³-hybridized carbons (Fsp3) is 0.333. The Labute approximate surface area is 157 Å². The molecule has 1 aromatic carbocycles. The van der Waals surface area contributed by atoms with Gasteiger partial charge in [0, 0.05) is 0 Å². The van der Waals surface area contributed by atoms with E-state index < -0.39 is 10.0 Å². The summed E-state index contributed by atoms with van der Waals surface area (Å²) in [7, 11) is -2.27. The van der Waals surface area contributed by atoms with Crippen LogP contribution < -0.4 is 15.5 Å². The summed E-state index contributed by atoms with van der Waals surface area (Å²) in [5.74, 6) is 0.873. The van der Waals surface area contributed by atoms with Crippen LogP contribution in [0.15, 0.2) is 40.0 Å². The molecule has 2 rings (SSSR count). The number of allylic oxidation sites excluding steroid dienone is 2. The number of sulfonamides is 1. The largest absolute Gasteiger partial charge is 2.00 e. The Morgan fingerprint density at radius 2 is 2.00 bits per heavy atom. The number of nitrogens with one attached hydrogen (secondary N) is 1. The molecule has 1 heterocycles. The number of para-hydroxylation sites is 1. The molecule has 0 unspecified atom stereocenters. The van der Waals surface area contributed by atoms with E-state index in [-0.39, 0.29) is 33.1 Å². The van der Waals surface area contributed by atoms with E-state index in [4.69, 9.17) is 9.88 Å². The summed E-state index contributed by atoms with van der Waals surface area (Å²) in [6, 6.07) is 6.11. The van der Waals surface area contributed by atoms with Gasteiger partial charge in [-0.25, -0.2) is 8.42 Å². The molecule has 8 nitrogen and oxygen atoms in total. The minimum atomic E-state index is -3.93. The molecule has 0 fully saturated rings. The van der Waals surface area contributed by atoms with Crippen molar-refractivity contribution in [2.75, 3.05) is 6.61 Å². The van der Waals surface area contributed by atoms with Crippen LogP contribution in [0.5, 0.6) is 5.75 Å². The summed E-state index contributed by atoms with van der Waals surface area (Å²) in [6.07, 6.45) is 1.89. The Bertz CT molecular complexity index is 872. The molecule has 0 atom stereocenters. The van der Waals surface area contributed by atoms with Crippen molar-refractivity contribution in [1.82, 2.24) is 14.8 Å². The van der Waals surface area contributed by atoms with Gasteiger partial charge in [-0.1, -0.05) is 25.3 Å². The molecule has 25 heavy (non-hydrogen) atoms. The minimum absolute atomic E-state index is 0. The molecule has 2 aromatic rings. The topological polar surface area (TPSA) is 116 Å². The van der Waals surface area contributed by atoms with Gasteiger partial charge in [0.1, 0.15) is 15.8 Å². The quantitative estimate of drug-likeness (QED) is 0.760. The van der Waals surface area contributed by atoms with Crippen LogP contribution in [0.4, 0.5) is 0 Å². The van der Waals surface area contributed by atoms with E-state index >= 15 is 0 Å². The van der Waals surface area contributed by atoms with Gasteiger partial charge in [-0.15, -0.1) is 0 Å². The molecular formula is C15H20CoN4O4S. The summed E-state index contributed by atoms with van der Waals surface area (Å²) in [5.41, 5.74) is 0.656. The molecule has 1 aromatic heterocycles. The van der Waals surface area contributed by atoms with Crippen molar-refractivity contribution in [2.45, 2.75) is 25.7 Å². The molecule has 0 spiro atoms. The van der Waals surface area contributed by atoms with E-state index in [0.717, 1.165) is 5.57 Å². The second kappa shape index (κ2) is 10.2. The van der Waals surface area contributed by atoms with Gasteiger partial charge in [0.05, 0.1) is 17.3 Å². The van der Waals surface area contributed by atoms with E-state index in [1.54, 1.807) is 26.1 Å². The van der Waals surface area contributed by atoms with Crippen molar-refractivity contribution in [3.8, 4) is 5.75 Å². The molecule has 0 aliphatic carbocycles. The van der Waals surface area contributed by atoms with Gasteiger partial charge in [-0.05, 0) is 38.5 Å². The van der Waals surface area contributed by atoms with Crippen LogP contribution in [-0.2, 0) is 33.8 Å². The van der Waals surface area contributed by atoms with E-state index in [1.807, 2.05) is 19.9 Å². The predicted octanol–water partition coefficient (Wildman–Crippen LogP) is 1.98. The average molecular weight is 411 g/mol. The Morgan fingerprint density at radius 3 is 2.44 bits per heavy atom. The third kappa shape index (κ3) is 6.50. The Kier molecular flexibility index (Phi) is 9.42. The maximum atomic E-state index is 10.9. The Balaban J connectivity index is 0.000000449. The van der Waals surface area contributed by atoms with Crippen molar-refractivity contribution in [3.05, 3.63) is 51.8 Å². The third-order valence-electron chi connectivity index (χ3n) is 3.06. The normalized spacial score (nSPS) is 11.2. The molecule has 0 aliphatic heterocycles. The fourth-order valence-corrected chi connectivity index (χ4v) is 2.38. The summed E-state index contributed by atoms with van der Waals surface area (Å²) < 4.78 is 28.3. The number of hydrogen-bond acceptors (Lipinski definition) is 5. The minimum Gasteiger partial charge on any atom is -0.560 e. The van der Waals surface area contributed by atoms with Crippen molar-refractivity contribution in [3.63, 3.8) is 0 Å². The van der Waals surface area contributed by atoms with E-state index in [1.165, 1.54) is 16.7 Å². The first-order valence-electron chi connectivity index (χ1n) is 7.13. The zero-order valence-corrected chi connectivity index (χ0v) is 16.2. The molecular weight excluding hydrogens is 391 g/mol. The zero-order valence-electron chi connectivity index (χ0n) is 14.3. The second-order valence-corrected chi connectivity index (χ2v) is 6.17. The summed E-state index contributed by atoms with van der Waals surface area (Å²) in [4.78, 5) is 10.7. The van der Waals surface area contributed by atoms with Crippen molar-refractivity contribution < 1.29 is 29.9 Å². The molecule has 1 N–H and O–H groups in total. The van der Waals surface area contributed by atoms with E-state index in [0.29, 0.717) is 12.4 Å². The maximum absolute atomic E-state index is 10.9. The number of benzene rings is 1. The van der Waals surface area contributed by atoms with Crippen molar-refractivity contribution >= 4 is 15.6 Å². The molecule has 0 amide bonds. The number of nitrogens with zero attached hydrogens (tertiary/aromatic N) is 3. The van der Waals surface area contributed by atoms with Crippen LogP contribution in [0.25, 0.3) is 10.7 Å². The number of hydrogen-bond donors (Lipinski definition) is 0. The third-order valence-corrected chi connectivity index (χ3v) is 3.98. The standard InChI is InChI=1S/C8H10NO3S.C7H11N3O.Co/c1-2-12-7-5-3-4-6-8(7)13(9,10)11;1-4-5(2)6-8-9-7(11)10(6)3;/h3-6H,2H2,1H3,(H-,9,10,11);4H,1-3H3,(H,9,11);/q-1;;+2/p-1/b;5-4+;. The van der Waals surface area contributed by atoms with Crippen LogP contribution in [-0.4, -0.2) is 24.7 Å². The smallest absolute Gasteiger partial charge is 0.560 e. The van der Waals surface area contributed by atoms with Crippen LogP contribution in [0.3, 0.4) is 0 Å². The molecule has 1 radical (unpaired) electrons. The average Bonchev–Trinajstić information content (AvgIpc) is 2.87. The Hall–Kier alpha value is -1.88. The van der Waals surface area contributed by atoms with Crippen LogP contribution >= 0.6 is 0 Å². The van der Waals surface area contributed by atoms with Gasteiger partial charge in [0.2, 0.25) is 0 Å².